The van der Waals surface area contributed by atoms with Crippen molar-refractivity contribution < 1.29 is 9.53 Å². The average Bonchev–Trinajstić information content (AvgIpc) is 2.89. The molecule has 17 heavy (non-hydrogen) atoms. The molecule has 1 aliphatic rings. The Morgan fingerprint density at radius 1 is 1.65 bits per heavy atom. The first-order valence-corrected chi connectivity index (χ1v) is 5.79. The zero-order valence-electron chi connectivity index (χ0n) is 9.90. The van der Waals surface area contributed by atoms with Crippen LogP contribution in [-0.4, -0.2) is 37.7 Å². The Morgan fingerprint density at radius 2 is 2.53 bits per heavy atom. The maximum Gasteiger partial charge on any atom is 0.269 e. The Balaban J connectivity index is 1.93. The Labute approximate surface area is 101 Å². The van der Waals surface area contributed by atoms with Gasteiger partial charge in [0, 0.05) is 38.0 Å². The molecule has 2 rings (SSSR count). The van der Waals surface area contributed by atoms with Gasteiger partial charge in [0.25, 0.3) is 5.91 Å². The van der Waals surface area contributed by atoms with Crippen molar-refractivity contribution in [3.05, 3.63) is 24.0 Å². The van der Waals surface area contributed by atoms with E-state index in [9.17, 15) is 4.79 Å². The number of amides is 1. The molecule has 1 aromatic rings. The molecular formula is C12H17N3O2. The van der Waals surface area contributed by atoms with Gasteiger partial charge in [-0.2, -0.15) is 0 Å². The van der Waals surface area contributed by atoms with E-state index in [4.69, 9.17) is 4.74 Å². The number of nitrogens with one attached hydrogen (secondary N) is 2. The third-order valence-electron chi connectivity index (χ3n) is 2.84. The molecule has 0 bridgehead atoms. The summed E-state index contributed by atoms with van der Waals surface area (Å²) < 4.78 is 5.31. The van der Waals surface area contributed by atoms with Crippen molar-refractivity contribution in [3.63, 3.8) is 0 Å². The van der Waals surface area contributed by atoms with Crippen LogP contribution < -0.4 is 10.6 Å². The maximum atomic E-state index is 11.4. The highest BCUT2D eigenvalue weighted by atomic mass is 16.5. The average molecular weight is 235 g/mol. The van der Waals surface area contributed by atoms with Gasteiger partial charge in [-0.25, -0.2) is 0 Å². The zero-order chi connectivity index (χ0) is 12.1. The number of hydrogen-bond donors (Lipinski definition) is 2. The first kappa shape index (κ1) is 11.9. The van der Waals surface area contributed by atoms with E-state index in [1.807, 2.05) is 6.07 Å². The number of pyridine rings is 1. The summed E-state index contributed by atoms with van der Waals surface area (Å²) in [7, 11) is 1.60. The van der Waals surface area contributed by atoms with E-state index < -0.39 is 0 Å². The Bertz CT molecular complexity index is 389. The van der Waals surface area contributed by atoms with Gasteiger partial charge in [-0.3, -0.25) is 9.78 Å². The number of carbonyl (C=O) groups excluding carboxylic acids is 1. The molecule has 1 atom stereocenters. The molecule has 1 fully saturated rings. The standard InChI is InChI=1S/C12H17N3O2/c1-13-12(16)11-6-10(2-4-14-11)15-7-9-3-5-17-8-9/h2,4,6,9H,3,5,7-8H2,1H3,(H,13,16)(H,14,15). The van der Waals surface area contributed by atoms with Crippen molar-refractivity contribution in [2.24, 2.45) is 5.92 Å². The molecule has 0 aromatic carbocycles. The monoisotopic (exact) mass is 235 g/mol. The third kappa shape index (κ3) is 3.17. The summed E-state index contributed by atoms with van der Waals surface area (Å²) in [6.07, 6.45) is 2.73. The number of anilines is 1. The van der Waals surface area contributed by atoms with Crippen LogP contribution in [0.4, 0.5) is 5.69 Å². The quantitative estimate of drug-likeness (QED) is 0.813. The minimum absolute atomic E-state index is 0.169. The number of carbonyl (C=O) groups is 1. The summed E-state index contributed by atoms with van der Waals surface area (Å²) in [6.45, 7) is 2.55. The predicted molar refractivity (Wildman–Crippen MR) is 65.0 cm³/mol. The van der Waals surface area contributed by atoms with Crippen LogP contribution in [0.1, 0.15) is 16.9 Å². The fourth-order valence-electron chi connectivity index (χ4n) is 1.80. The molecule has 2 heterocycles. The van der Waals surface area contributed by atoms with Gasteiger partial charge in [0.2, 0.25) is 0 Å². The molecule has 92 valence electrons. The second-order valence-electron chi connectivity index (χ2n) is 4.12. The molecule has 1 aliphatic heterocycles. The molecule has 0 saturated carbocycles. The van der Waals surface area contributed by atoms with Gasteiger partial charge in [0.1, 0.15) is 5.69 Å². The highest BCUT2D eigenvalue weighted by Gasteiger charge is 2.15. The normalized spacial score (nSPS) is 19.0. The van der Waals surface area contributed by atoms with Gasteiger partial charge < -0.3 is 15.4 Å². The maximum absolute atomic E-state index is 11.4. The summed E-state index contributed by atoms with van der Waals surface area (Å²) in [4.78, 5) is 15.4. The zero-order valence-corrected chi connectivity index (χ0v) is 9.90. The van der Waals surface area contributed by atoms with E-state index >= 15 is 0 Å². The first-order valence-electron chi connectivity index (χ1n) is 5.79. The Kier molecular flexibility index (Phi) is 3.93. The van der Waals surface area contributed by atoms with Crippen molar-refractivity contribution in [2.75, 3.05) is 32.1 Å². The van der Waals surface area contributed by atoms with Gasteiger partial charge in [0.05, 0.1) is 6.61 Å². The molecule has 1 unspecified atom stereocenters. The molecule has 1 aromatic heterocycles. The van der Waals surface area contributed by atoms with Crippen molar-refractivity contribution in [1.82, 2.24) is 10.3 Å². The van der Waals surface area contributed by atoms with Crippen molar-refractivity contribution in [3.8, 4) is 0 Å². The number of nitrogens with zero attached hydrogens (tertiary/aromatic N) is 1. The number of aromatic nitrogens is 1. The lowest BCUT2D eigenvalue weighted by Crippen LogP contribution is -2.20. The van der Waals surface area contributed by atoms with E-state index in [1.54, 1.807) is 19.3 Å². The topological polar surface area (TPSA) is 63.2 Å². The lowest BCUT2D eigenvalue weighted by molar-refractivity contribution is 0.0958. The van der Waals surface area contributed by atoms with E-state index in [-0.39, 0.29) is 5.91 Å². The van der Waals surface area contributed by atoms with Gasteiger partial charge in [-0.1, -0.05) is 0 Å². The smallest absolute Gasteiger partial charge is 0.269 e. The lowest BCUT2D eigenvalue weighted by Gasteiger charge is -2.11. The minimum atomic E-state index is -0.169. The van der Waals surface area contributed by atoms with E-state index in [1.165, 1.54) is 0 Å². The fraction of sp³-hybridized carbons (Fsp3) is 0.500. The molecule has 0 spiro atoms. The molecule has 2 N–H and O–H groups in total. The fourth-order valence-corrected chi connectivity index (χ4v) is 1.80. The van der Waals surface area contributed by atoms with Crippen LogP contribution in [0.15, 0.2) is 18.3 Å². The molecule has 5 heteroatoms. The van der Waals surface area contributed by atoms with Crippen LogP contribution in [0.3, 0.4) is 0 Å². The van der Waals surface area contributed by atoms with Crippen molar-refractivity contribution >= 4 is 11.6 Å². The molecule has 0 radical (unpaired) electrons. The lowest BCUT2D eigenvalue weighted by atomic mass is 10.1. The molecule has 1 saturated heterocycles. The SMILES string of the molecule is CNC(=O)c1cc(NCC2CCOC2)ccn1. The summed E-state index contributed by atoms with van der Waals surface area (Å²) >= 11 is 0. The molecular weight excluding hydrogens is 218 g/mol. The summed E-state index contributed by atoms with van der Waals surface area (Å²) in [5.74, 6) is 0.393. The number of rotatable bonds is 4. The Hall–Kier alpha value is -1.62. The molecule has 0 aliphatic carbocycles. The van der Waals surface area contributed by atoms with Crippen molar-refractivity contribution in [2.45, 2.75) is 6.42 Å². The third-order valence-corrected chi connectivity index (χ3v) is 2.84. The van der Waals surface area contributed by atoms with E-state index in [0.717, 1.165) is 31.9 Å². The van der Waals surface area contributed by atoms with Gasteiger partial charge in [0.15, 0.2) is 0 Å². The highest BCUT2D eigenvalue weighted by molar-refractivity contribution is 5.92. The highest BCUT2D eigenvalue weighted by Crippen LogP contribution is 2.14. The summed E-state index contributed by atoms with van der Waals surface area (Å²) in [5, 5.41) is 5.86. The van der Waals surface area contributed by atoms with Crippen LogP contribution in [0, 0.1) is 5.92 Å². The van der Waals surface area contributed by atoms with E-state index in [2.05, 4.69) is 15.6 Å². The van der Waals surface area contributed by atoms with E-state index in [0.29, 0.717) is 11.6 Å². The second-order valence-corrected chi connectivity index (χ2v) is 4.12. The summed E-state index contributed by atoms with van der Waals surface area (Å²) in [6, 6.07) is 3.62. The van der Waals surface area contributed by atoms with Crippen LogP contribution in [0.25, 0.3) is 0 Å². The van der Waals surface area contributed by atoms with Crippen molar-refractivity contribution in [1.29, 1.82) is 0 Å². The van der Waals surface area contributed by atoms with Gasteiger partial charge in [-0.15, -0.1) is 0 Å². The first-order chi connectivity index (χ1) is 8.29. The number of ether oxygens (including phenoxy) is 1. The van der Waals surface area contributed by atoms with Gasteiger partial charge >= 0.3 is 0 Å². The second kappa shape index (κ2) is 5.63. The summed E-state index contributed by atoms with van der Waals surface area (Å²) in [5.41, 5.74) is 1.35. The minimum Gasteiger partial charge on any atom is -0.385 e. The van der Waals surface area contributed by atoms with Crippen LogP contribution in [0.2, 0.25) is 0 Å². The van der Waals surface area contributed by atoms with Gasteiger partial charge in [-0.05, 0) is 18.6 Å². The largest absolute Gasteiger partial charge is 0.385 e. The predicted octanol–water partition coefficient (Wildman–Crippen LogP) is 0.890. The van der Waals surface area contributed by atoms with Crippen LogP contribution in [0.5, 0.6) is 0 Å². The molecule has 5 nitrogen and oxygen atoms in total. The Morgan fingerprint density at radius 3 is 3.24 bits per heavy atom. The molecule has 1 amide bonds. The number of hydrogen-bond acceptors (Lipinski definition) is 4. The van der Waals surface area contributed by atoms with Crippen LogP contribution in [-0.2, 0) is 4.74 Å². The van der Waals surface area contributed by atoms with Crippen LogP contribution >= 0.6 is 0 Å².